The lowest BCUT2D eigenvalue weighted by molar-refractivity contribution is 0.854. The summed E-state index contributed by atoms with van der Waals surface area (Å²) in [6.45, 7) is 4.21. The van der Waals surface area contributed by atoms with Crippen LogP contribution in [0.15, 0.2) is 91.1 Å². The Labute approximate surface area is 196 Å². The van der Waals surface area contributed by atoms with Gasteiger partial charge in [-0.15, -0.1) is 11.3 Å². The first kappa shape index (κ1) is 21.0. The minimum Gasteiger partial charge on any atom is -0.219 e. The van der Waals surface area contributed by atoms with E-state index in [1.165, 1.54) is 11.1 Å². The molecule has 0 fully saturated rings. The van der Waals surface area contributed by atoms with E-state index >= 15 is 0 Å². The fourth-order valence-electron chi connectivity index (χ4n) is 2.97. The van der Waals surface area contributed by atoms with E-state index in [2.05, 4.69) is 69.3 Å². The number of hydrogen-bond acceptors (Lipinski definition) is 3. The molecule has 3 nitrogen and oxygen atoms in total. The van der Waals surface area contributed by atoms with E-state index in [0.29, 0.717) is 0 Å². The van der Waals surface area contributed by atoms with Gasteiger partial charge in [0.15, 0.2) is 0 Å². The zero-order valence-corrected chi connectivity index (χ0v) is 20.5. The van der Waals surface area contributed by atoms with Gasteiger partial charge in [-0.25, -0.2) is 9.67 Å². The number of nitrogens with zero attached hydrogens (tertiary/aromatic N) is 3. The van der Waals surface area contributed by atoms with Crippen LogP contribution < -0.4 is 4.80 Å². The van der Waals surface area contributed by atoms with Crippen molar-refractivity contribution >= 4 is 55.1 Å². The summed E-state index contributed by atoms with van der Waals surface area (Å²) in [4.78, 5) is 5.77. The van der Waals surface area contributed by atoms with E-state index in [1.807, 2.05) is 59.4 Å². The van der Waals surface area contributed by atoms with Crippen LogP contribution in [-0.4, -0.2) is 10.9 Å². The van der Waals surface area contributed by atoms with Crippen LogP contribution in [0.3, 0.4) is 0 Å². The van der Waals surface area contributed by atoms with Crippen molar-refractivity contribution in [2.75, 3.05) is 0 Å². The molecule has 30 heavy (non-hydrogen) atoms. The van der Waals surface area contributed by atoms with Crippen molar-refractivity contribution in [2.45, 2.75) is 13.8 Å². The molecular formula is C24H19Br2N3S. The van der Waals surface area contributed by atoms with Crippen LogP contribution in [0.1, 0.15) is 16.7 Å². The third kappa shape index (κ3) is 4.72. The standard InChI is InChI=1S/C24H19Br2N3S/c1-16-5-3-8-22(17(16)2)28-24-29(27-14-18-9-11-20(25)12-10-18)23(15-30-24)19-6-4-7-21(26)13-19/h3-15H,1-2H3/b27-14-,28-24?. The van der Waals surface area contributed by atoms with E-state index in [4.69, 9.17) is 10.1 Å². The van der Waals surface area contributed by atoms with Gasteiger partial charge >= 0.3 is 0 Å². The molecule has 0 amide bonds. The Morgan fingerprint density at radius 2 is 1.67 bits per heavy atom. The van der Waals surface area contributed by atoms with E-state index in [-0.39, 0.29) is 0 Å². The van der Waals surface area contributed by atoms with Crippen LogP contribution in [0.2, 0.25) is 0 Å². The zero-order chi connectivity index (χ0) is 21.1. The molecule has 1 aromatic heterocycles. The maximum absolute atomic E-state index is 4.94. The second kappa shape index (κ2) is 9.25. The lowest BCUT2D eigenvalue weighted by atomic mass is 10.1. The summed E-state index contributed by atoms with van der Waals surface area (Å²) < 4.78 is 3.99. The highest BCUT2D eigenvalue weighted by atomic mass is 79.9. The average molecular weight is 541 g/mol. The highest BCUT2D eigenvalue weighted by molar-refractivity contribution is 9.10. The van der Waals surface area contributed by atoms with Gasteiger partial charge in [0.25, 0.3) is 0 Å². The predicted molar refractivity (Wildman–Crippen MR) is 134 cm³/mol. The number of hydrogen-bond donors (Lipinski definition) is 0. The zero-order valence-electron chi connectivity index (χ0n) is 16.5. The summed E-state index contributed by atoms with van der Waals surface area (Å²) >= 11 is 8.63. The summed E-state index contributed by atoms with van der Waals surface area (Å²) in [7, 11) is 0. The molecule has 4 aromatic rings. The normalized spacial score (nSPS) is 12.1. The lowest BCUT2D eigenvalue weighted by Crippen LogP contribution is -2.11. The molecule has 0 aliphatic heterocycles. The molecule has 0 saturated heterocycles. The van der Waals surface area contributed by atoms with Gasteiger partial charge < -0.3 is 0 Å². The average Bonchev–Trinajstić information content (AvgIpc) is 3.13. The van der Waals surface area contributed by atoms with Crippen molar-refractivity contribution in [1.82, 2.24) is 4.68 Å². The minimum atomic E-state index is 0.826. The monoisotopic (exact) mass is 539 g/mol. The molecule has 1 heterocycles. The van der Waals surface area contributed by atoms with Crippen molar-refractivity contribution in [3.8, 4) is 11.3 Å². The Balaban J connectivity index is 1.87. The van der Waals surface area contributed by atoms with Crippen LogP contribution in [0.25, 0.3) is 11.3 Å². The van der Waals surface area contributed by atoms with Crippen molar-refractivity contribution in [2.24, 2.45) is 10.1 Å². The number of aryl methyl sites for hydroxylation is 1. The fourth-order valence-corrected chi connectivity index (χ4v) is 4.48. The van der Waals surface area contributed by atoms with Crippen LogP contribution in [0.4, 0.5) is 5.69 Å². The number of halogens is 2. The minimum absolute atomic E-state index is 0.826. The Hall–Kier alpha value is -2.28. The molecule has 0 bridgehead atoms. The van der Waals surface area contributed by atoms with Crippen LogP contribution in [0, 0.1) is 13.8 Å². The number of aromatic nitrogens is 1. The third-order valence-electron chi connectivity index (χ3n) is 4.79. The molecule has 0 aliphatic rings. The van der Waals surface area contributed by atoms with Crippen LogP contribution in [-0.2, 0) is 0 Å². The summed E-state index contributed by atoms with van der Waals surface area (Å²) in [6, 6.07) is 22.5. The highest BCUT2D eigenvalue weighted by Crippen LogP contribution is 2.25. The maximum Gasteiger partial charge on any atom is 0.211 e. The highest BCUT2D eigenvalue weighted by Gasteiger charge is 2.09. The van der Waals surface area contributed by atoms with Gasteiger partial charge in [-0.05, 0) is 60.9 Å². The molecule has 0 radical (unpaired) electrons. The summed E-state index contributed by atoms with van der Waals surface area (Å²) in [5, 5.41) is 6.90. The van der Waals surface area contributed by atoms with E-state index < -0.39 is 0 Å². The van der Waals surface area contributed by atoms with Crippen molar-refractivity contribution in [3.05, 3.63) is 103 Å². The molecule has 6 heteroatoms. The summed E-state index contributed by atoms with van der Waals surface area (Å²) in [6.07, 6.45) is 1.86. The van der Waals surface area contributed by atoms with Gasteiger partial charge in [0.05, 0.1) is 17.6 Å². The molecule has 0 saturated carbocycles. The van der Waals surface area contributed by atoms with Gasteiger partial charge in [0.1, 0.15) is 0 Å². The van der Waals surface area contributed by atoms with Gasteiger partial charge in [-0.3, -0.25) is 0 Å². The summed E-state index contributed by atoms with van der Waals surface area (Å²) in [5.74, 6) is 0. The Kier molecular flexibility index (Phi) is 6.46. The Morgan fingerprint density at radius 3 is 2.43 bits per heavy atom. The lowest BCUT2D eigenvalue weighted by Gasteiger charge is -2.06. The molecule has 4 rings (SSSR count). The first-order valence-electron chi connectivity index (χ1n) is 9.38. The molecule has 0 atom stereocenters. The third-order valence-corrected chi connectivity index (χ3v) is 6.63. The number of rotatable bonds is 4. The van der Waals surface area contributed by atoms with E-state index in [9.17, 15) is 0 Å². The van der Waals surface area contributed by atoms with Crippen LogP contribution in [0.5, 0.6) is 0 Å². The smallest absolute Gasteiger partial charge is 0.211 e. The Morgan fingerprint density at radius 1 is 0.900 bits per heavy atom. The van der Waals surface area contributed by atoms with Gasteiger partial charge in [0, 0.05) is 19.9 Å². The van der Waals surface area contributed by atoms with Gasteiger partial charge in [0.2, 0.25) is 4.80 Å². The molecular weight excluding hydrogens is 522 g/mol. The molecule has 3 aromatic carbocycles. The summed E-state index contributed by atoms with van der Waals surface area (Å²) in [5.41, 5.74) is 6.47. The Bertz CT molecular complexity index is 1280. The van der Waals surface area contributed by atoms with E-state index in [1.54, 1.807) is 11.3 Å². The number of thiazole rings is 1. The topological polar surface area (TPSA) is 29.6 Å². The molecule has 0 spiro atoms. The number of benzene rings is 3. The molecule has 150 valence electrons. The maximum atomic E-state index is 4.94. The second-order valence-corrected chi connectivity index (χ2v) is 9.52. The van der Waals surface area contributed by atoms with Crippen molar-refractivity contribution in [1.29, 1.82) is 0 Å². The largest absolute Gasteiger partial charge is 0.219 e. The molecule has 0 aliphatic carbocycles. The first-order chi connectivity index (χ1) is 14.5. The quantitative estimate of drug-likeness (QED) is 0.240. The predicted octanol–water partition coefficient (Wildman–Crippen LogP) is 7.47. The molecule has 0 N–H and O–H groups in total. The van der Waals surface area contributed by atoms with Crippen molar-refractivity contribution in [3.63, 3.8) is 0 Å². The van der Waals surface area contributed by atoms with Gasteiger partial charge in [-0.1, -0.05) is 68.3 Å². The SMILES string of the molecule is Cc1cccc(N=c2scc(-c3cccc(Br)c3)n2/N=C\c2ccc(Br)cc2)c1C. The second-order valence-electron chi connectivity index (χ2n) is 6.85. The molecule has 0 unspecified atom stereocenters. The van der Waals surface area contributed by atoms with Crippen molar-refractivity contribution < 1.29 is 0 Å². The first-order valence-corrected chi connectivity index (χ1v) is 11.9. The van der Waals surface area contributed by atoms with E-state index in [0.717, 1.165) is 36.3 Å². The van der Waals surface area contributed by atoms with Gasteiger partial charge in [-0.2, -0.15) is 5.10 Å². The fraction of sp³-hybridized carbons (Fsp3) is 0.0833. The van der Waals surface area contributed by atoms with Crippen LogP contribution >= 0.6 is 43.2 Å².